The number of carbonyl (C=O) groups is 2. The lowest BCUT2D eigenvalue weighted by Crippen LogP contribution is -2.41. The summed E-state index contributed by atoms with van der Waals surface area (Å²) in [5, 5.41) is 0. The van der Waals surface area contributed by atoms with E-state index in [1.807, 2.05) is 6.92 Å². The molecular formula is C18H21N3O6S. The normalized spacial score (nSPS) is 10.7. The van der Waals surface area contributed by atoms with E-state index < -0.39 is 21.8 Å². The van der Waals surface area contributed by atoms with Crippen LogP contribution in [0.4, 0.5) is 5.69 Å². The highest BCUT2D eigenvalue weighted by molar-refractivity contribution is 7.92. The summed E-state index contributed by atoms with van der Waals surface area (Å²) in [7, 11) is -2.01. The molecule has 0 aliphatic heterocycles. The third-order valence-electron chi connectivity index (χ3n) is 3.44. The third kappa shape index (κ3) is 5.88. The quantitative estimate of drug-likeness (QED) is 0.599. The Hall–Kier alpha value is -3.27. The minimum Gasteiger partial charge on any atom is -0.493 e. The highest BCUT2D eigenvalue weighted by Gasteiger charge is 2.13. The number of rotatable bonds is 7. The molecule has 150 valence electrons. The summed E-state index contributed by atoms with van der Waals surface area (Å²) in [6.45, 7) is 2.28. The second-order valence-corrected chi connectivity index (χ2v) is 7.41. The number of methoxy groups -OCH3 is 1. The van der Waals surface area contributed by atoms with Gasteiger partial charge in [0.1, 0.15) is 0 Å². The van der Waals surface area contributed by atoms with Gasteiger partial charge in [0.25, 0.3) is 11.8 Å². The molecule has 0 saturated heterocycles. The fourth-order valence-corrected chi connectivity index (χ4v) is 2.83. The molecule has 0 fully saturated rings. The summed E-state index contributed by atoms with van der Waals surface area (Å²) >= 11 is 0. The third-order valence-corrected chi connectivity index (χ3v) is 4.05. The van der Waals surface area contributed by atoms with Gasteiger partial charge in [0.2, 0.25) is 10.0 Å². The first-order valence-corrected chi connectivity index (χ1v) is 10.1. The molecule has 10 heteroatoms. The van der Waals surface area contributed by atoms with E-state index in [1.54, 1.807) is 6.07 Å². The minimum absolute atomic E-state index is 0.165. The zero-order valence-corrected chi connectivity index (χ0v) is 16.4. The van der Waals surface area contributed by atoms with Gasteiger partial charge < -0.3 is 9.47 Å². The number of amides is 2. The Morgan fingerprint density at radius 3 is 2.18 bits per heavy atom. The lowest BCUT2D eigenvalue weighted by atomic mass is 10.2. The first kappa shape index (κ1) is 21.0. The van der Waals surface area contributed by atoms with E-state index in [1.165, 1.54) is 43.5 Å². The van der Waals surface area contributed by atoms with E-state index in [4.69, 9.17) is 9.47 Å². The van der Waals surface area contributed by atoms with Crippen LogP contribution in [-0.2, 0) is 10.0 Å². The van der Waals surface area contributed by atoms with E-state index in [0.717, 1.165) is 6.26 Å². The molecule has 28 heavy (non-hydrogen) atoms. The molecule has 0 radical (unpaired) electrons. The lowest BCUT2D eigenvalue weighted by molar-refractivity contribution is 0.0846. The average Bonchev–Trinajstić information content (AvgIpc) is 2.65. The molecule has 2 aromatic carbocycles. The SMILES string of the molecule is CCOc1ccc(C(=O)NNC(=O)c2cccc(NS(C)(=O)=O)c2)cc1OC. The van der Waals surface area contributed by atoms with Crippen molar-refractivity contribution in [2.24, 2.45) is 0 Å². The number of hydrogen-bond acceptors (Lipinski definition) is 6. The van der Waals surface area contributed by atoms with E-state index in [2.05, 4.69) is 15.6 Å². The predicted octanol–water partition coefficient (Wildman–Crippen LogP) is 1.54. The van der Waals surface area contributed by atoms with Gasteiger partial charge in [0.15, 0.2) is 11.5 Å². The second kappa shape index (κ2) is 9.09. The topological polar surface area (TPSA) is 123 Å². The van der Waals surface area contributed by atoms with Crippen LogP contribution < -0.4 is 25.0 Å². The lowest BCUT2D eigenvalue weighted by Gasteiger charge is -2.12. The van der Waals surface area contributed by atoms with Crippen molar-refractivity contribution in [2.45, 2.75) is 6.92 Å². The maximum atomic E-state index is 12.3. The molecule has 0 aromatic heterocycles. The molecule has 0 aliphatic rings. The monoisotopic (exact) mass is 407 g/mol. The largest absolute Gasteiger partial charge is 0.493 e. The van der Waals surface area contributed by atoms with Gasteiger partial charge in [-0.3, -0.25) is 25.2 Å². The molecule has 0 spiro atoms. The molecule has 3 N–H and O–H groups in total. The van der Waals surface area contributed by atoms with E-state index >= 15 is 0 Å². The highest BCUT2D eigenvalue weighted by Crippen LogP contribution is 2.27. The summed E-state index contributed by atoms with van der Waals surface area (Å²) in [4.78, 5) is 24.5. The molecule has 0 saturated carbocycles. The van der Waals surface area contributed by atoms with E-state index in [0.29, 0.717) is 18.1 Å². The predicted molar refractivity (Wildman–Crippen MR) is 104 cm³/mol. The maximum absolute atomic E-state index is 12.3. The molecule has 0 bridgehead atoms. The van der Waals surface area contributed by atoms with Gasteiger partial charge in [-0.2, -0.15) is 0 Å². The van der Waals surface area contributed by atoms with Crippen LogP contribution >= 0.6 is 0 Å². The summed E-state index contributed by atoms with van der Waals surface area (Å²) in [5.41, 5.74) is 5.23. The number of ether oxygens (including phenoxy) is 2. The van der Waals surface area contributed by atoms with Crippen molar-refractivity contribution in [3.63, 3.8) is 0 Å². The Bertz CT molecular complexity index is 975. The van der Waals surface area contributed by atoms with Gasteiger partial charge in [-0.25, -0.2) is 8.42 Å². The molecule has 0 unspecified atom stereocenters. The second-order valence-electron chi connectivity index (χ2n) is 5.66. The van der Waals surface area contributed by atoms with Crippen LogP contribution in [0.1, 0.15) is 27.6 Å². The van der Waals surface area contributed by atoms with Crippen molar-refractivity contribution in [1.82, 2.24) is 10.9 Å². The Kier molecular flexibility index (Phi) is 6.83. The highest BCUT2D eigenvalue weighted by atomic mass is 32.2. The van der Waals surface area contributed by atoms with Crippen LogP contribution in [0.15, 0.2) is 42.5 Å². The van der Waals surface area contributed by atoms with Gasteiger partial charge in [-0.15, -0.1) is 0 Å². The van der Waals surface area contributed by atoms with Crippen LogP contribution in [-0.4, -0.2) is 40.2 Å². The van der Waals surface area contributed by atoms with Crippen molar-refractivity contribution in [3.8, 4) is 11.5 Å². The van der Waals surface area contributed by atoms with Crippen LogP contribution in [0.2, 0.25) is 0 Å². The summed E-state index contributed by atoms with van der Waals surface area (Å²) in [6, 6.07) is 10.5. The molecule has 0 atom stereocenters. The van der Waals surface area contributed by atoms with Gasteiger partial charge in [-0.05, 0) is 43.3 Å². The Morgan fingerprint density at radius 2 is 1.61 bits per heavy atom. The Balaban J connectivity index is 2.04. The van der Waals surface area contributed by atoms with Crippen molar-refractivity contribution in [2.75, 3.05) is 24.7 Å². The van der Waals surface area contributed by atoms with Crippen LogP contribution in [0.25, 0.3) is 0 Å². The maximum Gasteiger partial charge on any atom is 0.269 e. The Labute approximate surface area is 163 Å². The fraction of sp³-hybridized carbons (Fsp3) is 0.222. The molecular weight excluding hydrogens is 386 g/mol. The molecule has 2 aromatic rings. The average molecular weight is 407 g/mol. The van der Waals surface area contributed by atoms with Gasteiger partial charge >= 0.3 is 0 Å². The smallest absolute Gasteiger partial charge is 0.269 e. The molecule has 2 rings (SSSR count). The number of sulfonamides is 1. The molecule has 2 amide bonds. The molecule has 0 aliphatic carbocycles. The molecule has 0 heterocycles. The number of nitrogens with one attached hydrogen (secondary N) is 3. The summed E-state index contributed by atoms with van der Waals surface area (Å²) in [5.74, 6) is -0.273. The zero-order chi connectivity index (χ0) is 20.7. The van der Waals surface area contributed by atoms with Crippen LogP contribution in [0, 0.1) is 0 Å². The minimum atomic E-state index is -3.47. The van der Waals surface area contributed by atoms with E-state index in [-0.39, 0.29) is 16.8 Å². The van der Waals surface area contributed by atoms with Crippen LogP contribution in [0.5, 0.6) is 11.5 Å². The van der Waals surface area contributed by atoms with E-state index in [9.17, 15) is 18.0 Å². The standard InChI is InChI=1S/C18H21N3O6S/c1-4-27-15-9-8-13(11-16(15)26-2)18(23)20-19-17(22)12-6-5-7-14(10-12)21-28(3,24)25/h5-11,21H,4H2,1-3H3,(H,19,22)(H,20,23). The number of benzene rings is 2. The van der Waals surface area contributed by atoms with Crippen molar-refractivity contribution in [1.29, 1.82) is 0 Å². The van der Waals surface area contributed by atoms with Gasteiger partial charge in [-0.1, -0.05) is 6.07 Å². The molecule has 9 nitrogen and oxygen atoms in total. The first-order chi connectivity index (χ1) is 13.2. The van der Waals surface area contributed by atoms with Crippen LogP contribution in [0.3, 0.4) is 0 Å². The first-order valence-electron chi connectivity index (χ1n) is 8.23. The van der Waals surface area contributed by atoms with Crippen molar-refractivity contribution in [3.05, 3.63) is 53.6 Å². The number of anilines is 1. The number of hydrazine groups is 1. The van der Waals surface area contributed by atoms with Gasteiger partial charge in [0, 0.05) is 16.8 Å². The van der Waals surface area contributed by atoms with Crippen molar-refractivity contribution >= 4 is 27.5 Å². The zero-order valence-electron chi connectivity index (χ0n) is 15.6. The number of carbonyl (C=O) groups excluding carboxylic acids is 2. The Morgan fingerprint density at radius 1 is 0.964 bits per heavy atom. The van der Waals surface area contributed by atoms with Crippen molar-refractivity contribution < 1.29 is 27.5 Å². The summed E-state index contributed by atoms with van der Waals surface area (Å²) in [6.07, 6.45) is 1.01. The fourth-order valence-electron chi connectivity index (χ4n) is 2.28. The number of hydrogen-bond donors (Lipinski definition) is 3. The van der Waals surface area contributed by atoms with Gasteiger partial charge in [0.05, 0.1) is 20.0 Å². The summed E-state index contributed by atoms with van der Waals surface area (Å²) < 4.78 is 35.4.